The first-order chi connectivity index (χ1) is 12.5. The van der Waals surface area contributed by atoms with Crippen LogP contribution in [0.5, 0.6) is 5.75 Å². The van der Waals surface area contributed by atoms with Crippen LogP contribution >= 0.6 is 0 Å². The highest BCUT2D eigenvalue weighted by Crippen LogP contribution is 2.44. The maximum absolute atomic E-state index is 12.6. The van der Waals surface area contributed by atoms with E-state index in [0.717, 1.165) is 42.6 Å². The Hall–Kier alpha value is -2.08. The molecule has 0 aromatic heterocycles. The van der Waals surface area contributed by atoms with Crippen LogP contribution in [0, 0.1) is 6.92 Å². The van der Waals surface area contributed by atoms with Gasteiger partial charge in [-0.25, -0.2) is 0 Å². The number of amides is 2. The van der Waals surface area contributed by atoms with Crippen LogP contribution < -0.4 is 10.1 Å². The topological polar surface area (TPSA) is 67.9 Å². The predicted molar refractivity (Wildman–Crippen MR) is 95.9 cm³/mol. The normalized spacial score (nSPS) is 24.3. The summed E-state index contributed by atoms with van der Waals surface area (Å²) in [5.74, 6) is 0.831. The van der Waals surface area contributed by atoms with E-state index in [-0.39, 0.29) is 30.0 Å². The summed E-state index contributed by atoms with van der Waals surface area (Å²) in [6, 6.07) is 6.04. The summed E-state index contributed by atoms with van der Waals surface area (Å²) in [6.07, 6.45) is 3.80. The molecule has 1 spiro atoms. The fourth-order valence-electron chi connectivity index (χ4n) is 4.25. The molecular weight excluding hydrogens is 332 g/mol. The van der Waals surface area contributed by atoms with Crippen LogP contribution in [0.3, 0.4) is 0 Å². The minimum Gasteiger partial charge on any atom is -0.487 e. The van der Waals surface area contributed by atoms with E-state index in [1.54, 1.807) is 4.90 Å². The number of hydrogen-bond donors (Lipinski definition) is 1. The van der Waals surface area contributed by atoms with Crippen molar-refractivity contribution in [3.05, 3.63) is 29.3 Å². The van der Waals surface area contributed by atoms with E-state index in [0.29, 0.717) is 26.2 Å². The third kappa shape index (κ3) is 3.43. The number of carbonyl (C=O) groups is 2. The standard InChI is InChI=1S/C20H26N2O4/c1-14-4-5-17-15(11-14)16(12-20(26-17)6-9-25-10-7-20)21-18(23)13-22-8-2-3-19(22)24/h4-5,11,16H,2-3,6-10,12-13H2,1H3,(H,21,23)/t16-/m0/s1. The molecule has 0 bridgehead atoms. The Kier molecular flexibility index (Phi) is 4.61. The number of ether oxygens (including phenoxy) is 2. The van der Waals surface area contributed by atoms with Crippen LogP contribution in [-0.4, -0.2) is 48.6 Å². The van der Waals surface area contributed by atoms with E-state index in [4.69, 9.17) is 9.47 Å². The summed E-state index contributed by atoms with van der Waals surface area (Å²) < 4.78 is 11.9. The molecule has 4 rings (SSSR count). The van der Waals surface area contributed by atoms with Gasteiger partial charge in [0.25, 0.3) is 0 Å². The molecule has 26 heavy (non-hydrogen) atoms. The van der Waals surface area contributed by atoms with Crippen LogP contribution in [-0.2, 0) is 14.3 Å². The molecule has 3 aliphatic heterocycles. The van der Waals surface area contributed by atoms with Crippen molar-refractivity contribution in [3.63, 3.8) is 0 Å². The zero-order valence-corrected chi connectivity index (χ0v) is 15.3. The van der Waals surface area contributed by atoms with Crippen LogP contribution in [0.4, 0.5) is 0 Å². The average molecular weight is 358 g/mol. The van der Waals surface area contributed by atoms with Gasteiger partial charge in [-0.3, -0.25) is 9.59 Å². The Morgan fingerprint density at radius 3 is 2.88 bits per heavy atom. The molecule has 0 unspecified atom stereocenters. The molecule has 3 aliphatic rings. The van der Waals surface area contributed by atoms with Crippen molar-refractivity contribution in [2.45, 2.75) is 50.7 Å². The highest BCUT2D eigenvalue weighted by atomic mass is 16.5. The molecular formula is C20H26N2O4. The fourth-order valence-corrected chi connectivity index (χ4v) is 4.25. The second kappa shape index (κ2) is 6.91. The molecule has 1 aromatic rings. The zero-order valence-electron chi connectivity index (χ0n) is 15.3. The lowest BCUT2D eigenvalue weighted by Crippen LogP contribution is -2.49. The van der Waals surface area contributed by atoms with Crippen molar-refractivity contribution < 1.29 is 19.1 Å². The number of hydrogen-bond acceptors (Lipinski definition) is 4. The number of likely N-dealkylation sites (tertiary alicyclic amines) is 1. The second-order valence-electron chi connectivity index (χ2n) is 7.68. The third-order valence-corrected chi connectivity index (χ3v) is 5.69. The van der Waals surface area contributed by atoms with Gasteiger partial charge in [-0.1, -0.05) is 17.7 Å². The van der Waals surface area contributed by atoms with Crippen molar-refractivity contribution in [1.29, 1.82) is 0 Å². The summed E-state index contributed by atoms with van der Waals surface area (Å²) in [4.78, 5) is 26.1. The van der Waals surface area contributed by atoms with Crippen LogP contribution in [0.25, 0.3) is 0 Å². The van der Waals surface area contributed by atoms with E-state index >= 15 is 0 Å². The SMILES string of the molecule is Cc1ccc2c(c1)[C@@H](NC(=O)CN1CCCC1=O)CC1(CCOCC1)O2. The Labute approximate surface area is 153 Å². The van der Waals surface area contributed by atoms with Gasteiger partial charge in [0, 0.05) is 37.8 Å². The lowest BCUT2D eigenvalue weighted by atomic mass is 9.81. The number of rotatable bonds is 3. The lowest BCUT2D eigenvalue weighted by molar-refractivity contribution is -0.133. The van der Waals surface area contributed by atoms with Gasteiger partial charge in [0.05, 0.1) is 25.8 Å². The van der Waals surface area contributed by atoms with Crippen molar-refractivity contribution in [3.8, 4) is 5.75 Å². The smallest absolute Gasteiger partial charge is 0.240 e. The summed E-state index contributed by atoms with van der Waals surface area (Å²) >= 11 is 0. The molecule has 2 saturated heterocycles. The summed E-state index contributed by atoms with van der Waals surface area (Å²) in [5, 5.41) is 3.17. The van der Waals surface area contributed by atoms with Gasteiger partial charge < -0.3 is 19.7 Å². The second-order valence-corrected chi connectivity index (χ2v) is 7.68. The van der Waals surface area contributed by atoms with Crippen molar-refractivity contribution >= 4 is 11.8 Å². The molecule has 1 aromatic carbocycles. The van der Waals surface area contributed by atoms with E-state index in [1.807, 2.05) is 19.1 Å². The first-order valence-electron chi connectivity index (χ1n) is 9.49. The minimum atomic E-state index is -0.276. The molecule has 0 saturated carbocycles. The van der Waals surface area contributed by atoms with Crippen molar-refractivity contribution in [2.75, 3.05) is 26.3 Å². The molecule has 6 heteroatoms. The highest BCUT2D eigenvalue weighted by Gasteiger charge is 2.43. The monoisotopic (exact) mass is 358 g/mol. The Morgan fingerprint density at radius 2 is 2.15 bits per heavy atom. The Morgan fingerprint density at radius 1 is 1.35 bits per heavy atom. The van der Waals surface area contributed by atoms with Crippen LogP contribution in [0.2, 0.25) is 0 Å². The number of benzene rings is 1. The highest BCUT2D eigenvalue weighted by molar-refractivity contribution is 5.86. The van der Waals surface area contributed by atoms with Crippen molar-refractivity contribution in [2.24, 2.45) is 0 Å². The molecule has 6 nitrogen and oxygen atoms in total. The quantitative estimate of drug-likeness (QED) is 0.899. The van der Waals surface area contributed by atoms with Gasteiger partial charge in [0.2, 0.25) is 11.8 Å². The predicted octanol–water partition coefficient (Wildman–Crippen LogP) is 2.11. The number of nitrogens with one attached hydrogen (secondary N) is 1. The van der Waals surface area contributed by atoms with E-state index < -0.39 is 0 Å². The number of aryl methyl sites for hydroxylation is 1. The van der Waals surface area contributed by atoms with Gasteiger partial charge in [0.15, 0.2) is 0 Å². The molecule has 3 heterocycles. The van der Waals surface area contributed by atoms with Gasteiger partial charge >= 0.3 is 0 Å². The summed E-state index contributed by atoms with van der Waals surface area (Å²) in [6.45, 7) is 4.24. The number of nitrogens with zero attached hydrogens (tertiary/aromatic N) is 1. The molecule has 2 amide bonds. The molecule has 0 aliphatic carbocycles. The molecule has 1 atom stereocenters. The van der Waals surface area contributed by atoms with E-state index in [1.165, 1.54) is 0 Å². The molecule has 1 N–H and O–H groups in total. The number of carbonyl (C=O) groups excluding carboxylic acids is 2. The van der Waals surface area contributed by atoms with Crippen molar-refractivity contribution in [1.82, 2.24) is 10.2 Å². The van der Waals surface area contributed by atoms with Gasteiger partial charge in [-0.05, 0) is 19.4 Å². The minimum absolute atomic E-state index is 0.0734. The van der Waals surface area contributed by atoms with Gasteiger partial charge in [-0.2, -0.15) is 0 Å². The fraction of sp³-hybridized carbons (Fsp3) is 0.600. The summed E-state index contributed by atoms with van der Waals surface area (Å²) in [7, 11) is 0. The lowest BCUT2D eigenvalue weighted by Gasteiger charge is -2.44. The van der Waals surface area contributed by atoms with E-state index in [9.17, 15) is 9.59 Å². The van der Waals surface area contributed by atoms with Gasteiger partial charge in [0.1, 0.15) is 11.4 Å². The van der Waals surface area contributed by atoms with Crippen LogP contribution in [0.15, 0.2) is 18.2 Å². The maximum Gasteiger partial charge on any atom is 0.240 e. The maximum atomic E-state index is 12.6. The summed E-state index contributed by atoms with van der Waals surface area (Å²) in [5.41, 5.74) is 1.90. The molecule has 2 fully saturated rings. The van der Waals surface area contributed by atoms with Gasteiger partial charge in [-0.15, -0.1) is 0 Å². The molecule has 0 radical (unpaired) electrons. The van der Waals surface area contributed by atoms with E-state index in [2.05, 4.69) is 11.4 Å². The first-order valence-corrected chi connectivity index (χ1v) is 9.49. The number of fused-ring (bicyclic) bond motifs is 1. The first kappa shape index (κ1) is 17.3. The third-order valence-electron chi connectivity index (χ3n) is 5.69. The Balaban J connectivity index is 1.54. The Bertz CT molecular complexity index is 712. The zero-order chi connectivity index (χ0) is 18.1. The van der Waals surface area contributed by atoms with Crippen LogP contribution in [0.1, 0.15) is 49.3 Å². The average Bonchev–Trinajstić information content (AvgIpc) is 3.01. The largest absolute Gasteiger partial charge is 0.487 e. The molecule has 140 valence electrons.